The highest BCUT2D eigenvalue weighted by Gasteiger charge is 2.29. The quantitative estimate of drug-likeness (QED) is 0.662. The lowest BCUT2D eigenvalue weighted by molar-refractivity contribution is -0.119. The maximum absolute atomic E-state index is 13.2. The van der Waals surface area contributed by atoms with Crippen LogP contribution in [0, 0.1) is 0 Å². The number of nitrogens with zero attached hydrogens (tertiary/aromatic N) is 6. The second-order valence-corrected chi connectivity index (χ2v) is 8.79. The van der Waals surface area contributed by atoms with Gasteiger partial charge in [-0.1, -0.05) is 20.8 Å². The van der Waals surface area contributed by atoms with Gasteiger partial charge in [0.25, 0.3) is 0 Å². The van der Waals surface area contributed by atoms with Crippen LogP contribution in [0.25, 0.3) is 11.2 Å². The number of halogens is 1. The molecule has 9 nitrogen and oxygen atoms in total. The average molecular weight is 414 g/mol. The molecule has 4 rings (SSSR count). The molecule has 1 aliphatic heterocycles. The summed E-state index contributed by atoms with van der Waals surface area (Å²) in [4.78, 5) is 27.9. The maximum Gasteiger partial charge on any atom is 0.217 e. The van der Waals surface area contributed by atoms with Crippen molar-refractivity contribution in [1.29, 1.82) is 0 Å². The van der Waals surface area contributed by atoms with Gasteiger partial charge in [-0.25, -0.2) is 19.3 Å². The summed E-state index contributed by atoms with van der Waals surface area (Å²) < 4.78 is 15.1. The van der Waals surface area contributed by atoms with Crippen molar-refractivity contribution < 1.29 is 9.18 Å². The fraction of sp³-hybridized carbons (Fsp3) is 0.550. The molecule has 2 N–H and O–H groups in total. The van der Waals surface area contributed by atoms with Crippen molar-refractivity contribution >= 4 is 22.9 Å². The molecule has 0 bridgehead atoms. The smallest absolute Gasteiger partial charge is 0.217 e. The van der Waals surface area contributed by atoms with Crippen molar-refractivity contribution in [3.05, 3.63) is 29.6 Å². The fourth-order valence-electron chi connectivity index (χ4n) is 3.74. The first-order valence-corrected chi connectivity index (χ1v) is 10.1. The van der Waals surface area contributed by atoms with Crippen LogP contribution in [-0.2, 0) is 23.4 Å². The molecule has 1 aliphatic rings. The van der Waals surface area contributed by atoms with Crippen LogP contribution in [-0.4, -0.2) is 54.8 Å². The number of imidazole rings is 1. The summed E-state index contributed by atoms with van der Waals surface area (Å²) in [5, 5.41) is 9.66. The highest BCUT2D eigenvalue weighted by molar-refractivity contribution is 5.84. The van der Waals surface area contributed by atoms with Crippen LogP contribution in [0.1, 0.15) is 51.2 Å². The number of hydrogen-bond donors (Lipinski definition) is 2. The normalized spacial score (nSPS) is 17.1. The van der Waals surface area contributed by atoms with E-state index in [1.807, 2.05) is 4.57 Å². The maximum atomic E-state index is 13.2. The minimum atomic E-state index is -0.628. The number of fused-ring (bicyclic) bond motifs is 1. The number of rotatable bonds is 5. The van der Waals surface area contributed by atoms with Crippen LogP contribution in [0.3, 0.4) is 0 Å². The molecule has 4 heterocycles. The van der Waals surface area contributed by atoms with E-state index in [9.17, 15) is 9.18 Å². The fourth-order valence-corrected chi connectivity index (χ4v) is 3.74. The molecule has 1 amide bonds. The number of anilines is 1. The van der Waals surface area contributed by atoms with Gasteiger partial charge in [0.1, 0.15) is 12.5 Å². The Morgan fingerprint density at radius 2 is 2.17 bits per heavy atom. The van der Waals surface area contributed by atoms with Gasteiger partial charge in [0.05, 0.1) is 18.6 Å². The van der Waals surface area contributed by atoms with Crippen molar-refractivity contribution in [3.8, 4) is 0 Å². The Bertz CT molecular complexity index is 1070. The lowest BCUT2D eigenvalue weighted by atomic mass is 9.96. The number of amides is 1. The molecule has 0 unspecified atom stereocenters. The average Bonchev–Trinajstić information content (AvgIpc) is 3.40. The summed E-state index contributed by atoms with van der Waals surface area (Å²) in [6.07, 6.45) is 4.27. The third-order valence-electron chi connectivity index (χ3n) is 5.29. The van der Waals surface area contributed by atoms with Crippen LogP contribution in [0.15, 0.2) is 12.5 Å². The van der Waals surface area contributed by atoms with Gasteiger partial charge >= 0.3 is 0 Å². The van der Waals surface area contributed by atoms with E-state index >= 15 is 0 Å². The standard InChI is InChI=1S/C20H27FN8O/c1-12(30)24-14-5-6-28(10-14)17-16-18(26-19(25-17)20(2,3)4)29(11-22-16)9-13-8-23-27-15(13)7-21/h8,11,14H,5-7,9-10H2,1-4H3,(H,23,27)(H,24,30)/t14-/m0/s1. The van der Waals surface area contributed by atoms with E-state index in [4.69, 9.17) is 9.97 Å². The van der Waals surface area contributed by atoms with Gasteiger partial charge in [0, 0.05) is 43.2 Å². The van der Waals surface area contributed by atoms with E-state index in [1.165, 1.54) is 6.92 Å². The van der Waals surface area contributed by atoms with Gasteiger partial charge in [-0.3, -0.25) is 9.89 Å². The molecule has 3 aromatic heterocycles. The Kier molecular flexibility index (Phi) is 5.17. The number of H-pyrrole nitrogens is 1. The van der Waals surface area contributed by atoms with Gasteiger partial charge in [-0.05, 0) is 6.42 Å². The van der Waals surface area contributed by atoms with E-state index in [0.717, 1.165) is 24.3 Å². The van der Waals surface area contributed by atoms with Crippen molar-refractivity contribution in [1.82, 2.24) is 35.0 Å². The highest BCUT2D eigenvalue weighted by Crippen LogP contribution is 2.30. The zero-order chi connectivity index (χ0) is 21.5. The third-order valence-corrected chi connectivity index (χ3v) is 5.29. The summed E-state index contributed by atoms with van der Waals surface area (Å²) in [7, 11) is 0. The molecular weight excluding hydrogens is 387 g/mol. The van der Waals surface area contributed by atoms with Crippen molar-refractivity contribution in [3.63, 3.8) is 0 Å². The van der Waals surface area contributed by atoms with Crippen molar-refractivity contribution in [2.45, 2.75) is 58.8 Å². The molecular formula is C20H27FN8O. The van der Waals surface area contributed by atoms with Gasteiger partial charge in [0.15, 0.2) is 17.0 Å². The van der Waals surface area contributed by atoms with Crippen LogP contribution < -0.4 is 10.2 Å². The minimum absolute atomic E-state index is 0.0295. The summed E-state index contributed by atoms with van der Waals surface area (Å²) in [5.41, 5.74) is 2.31. The molecule has 3 aromatic rings. The lowest BCUT2D eigenvalue weighted by Gasteiger charge is -2.22. The number of hydrogen-bond acceptors (Lipinski definition) is 6. The molecule has 0 radical (unpaired) electrons. The molecule has 160 valence electrons. The van der Waals surface area contributed by atoms with Crippen LogP contribution in [0.5, 0.6) is 0 Å². The Balaban J connectivity index is 1.75. The van der Waals surface area contributed by atoms with Crippen LogP contribution in [0.2, 0.25) is 0 Å². The van der Waals surface area contributed by atoms with Gasteiger partial charge in [-0.15, -0.1) is 0 Å². The predicted molar refractivity (Wildman–Crippen MR) is 111 cm³/mol. The SMILES string of the molecule is CC(=O)N[C@H]1CCN(c2nc(C(C)(C)C)nc3c2ncn3Cc2c[nH]nc2CF)C1. The molecule has 0 spiro atoms. The zero-order valence-electron chi connectivity index (χ0n) is 17.7. The number of carbonyl (C=O) groups is 1. The molecule has 1 atom stereocenters. The first kappa shape index (κ1) is 20.2. The van der Waals surface area contributed by atoms with Crippen LogP contribution in [0.4, 0.5) is 10.2 Å². The number of aromatic nitrogens is 6. The number of alkyl halides is 1. The van der Waals surface area contributed by atoms with E-state index in [-0.39, 0.29) is 17.4 Å². The van der Waals surface area contributed by atoms with E-state index < -0.39 is 6.67 Å². The number of nitrogens with one attached hydrogen (secondary N) is 2. The largest absolute Gasteiger partial charge is 0.353 e. The lowest BCUT2D eigenvalue weighted by Crippen LogP contribution is -2.36. The monoisotopic (exact) mass is 414 g/mol. The number of aromatic amines is 1. The molecule has 1 saturated heterocycles. The molecule has 0 aliphatic carbocycles. The Morgan fingerprint density at radius 1 is 1.37 bits per heavy atom. The summed E-state index contributed by atoms with van der Waals surface area (Å²) in [6, 6.07) is 0.0886. The molecule has 10 heteroatoms. The highest BCUT2D eigenvalue weighted by atomic mass is 19.1. The van der Waals surface area contributed by atoms with Crippen LogP contribution >= 0.6 is 0 Å². The Morgan fingerprint density at radius 3 is 2.87 bits per heavy atom. The molecule has 30 heavy (non-hydrogen) atoms. The zero-order valence-corrected chi connectivity index (χ0v) is 17.7. The summed E-state index contributed by atoms with van der Waals surface area (Å²) >= 11 is 0. The first-order chi connectivity index (χ1) is 14.3. The van der Waals surface area contributed by atoms with Gasteiger partial charge in [-0.2, -0.15) is 5.10 Å². The van der Waals surface area contributed by atoms with Gasteiger partial charge < -0.3 is 14.8 Å². The topological polar surface area (TPSA) is 105 Å². The third kappa shape index (κ3) is 3.86. The second-order valence-electron chi connectivity index (χ2n) is 8.79. The predicted octanol–water partition coefficient (Wildman–Crippen LogP) is 2.08. The van der Waals surface area contributed by atoms with E-state index in [2.05, 4.69) is 46.2 Å². The molecule has 1 fully saturated rings. The second kappa shape index (κ2) is 7.66. The Labute approximate surface area is 174 Å². The first-order valence-electron chi connectivity index (χ1n) is 10.1. The molecule has 0 aromatic carbocycles. The summed E-state index contributed by atoms with van der Waals surface area (Å²) in [5.74, 6) is 1.46. The van der Waals surface area contributed by atoms with Crippen molar-refractivity contribution in [2.75, 3.05) is 18.0 Å². The van der Waals surface area contributed by atoms with E-state index in [0.29, 0.717) is 35.8 Å². The summed E-state index contributed by atoms with van der Waals surface area (Å²) in [6.45, 7) is 8.99. The van der Waals surface area contributed by atoms with E-state index in [1.54, 1.807) is 12.5 Å². The Hall–Kier alpha value is -3.04. The minimum Gasteiger partial charge on any atom is -0.353 e. The van der Waals surface area contributed by atoms with Crippen molar-refractivity contribution in [2.24, 2.45) is 0 Å². The van der Waals surface area contributed by atoms with Gasteiger partial charge in [0.2, 0.25) is 5.91 Å². The molecule has 0 saturated carbocycles. The number of carbonyl (C=O) groups excluding carboxylic acids is 1.